The molecular weight excluding hydrogens is 378 g/mol. The Hall–Kier alpha value is -2.41. The third kappa shape index (κ3) is 4.67. The third-order valence-electron chi connectivity index (χ3n) is 6.62. The number of anilines is 1. The number of piperidine rings is 1. The topological polar surface area (TPSA) is 93.2 Å². The predicted octanol–water partition coefficient (Wildman–Crippen LogP) is 3.38. The fourth-order valence-corrected chi connectivity index (χ4v) is 5.08. The largest absolute Gasteiger partial charge is 0.370 e. The number of carbonyl (C=O) groups is 2. The summed E-state index contributed by atoms with van der Waals surface area (Å²) in [7, 11) is 0. The number of nitrogens with one attached hydrogen (secondary N) is 1. The first-order valence-electron chi connectivity index (χ1n) is 11.3. The van der Waals surface area contributed by atoms with Crippen molar-refractivity contribution in [2.24, 2.45) is 11.7 Å². The Bertz CT molecular complexity index is 916. The molecule has 2 amide bonds. The number of fused-ring (bicyclic) bond motifs is 1. The number of primary amides is 1. The van der Waals surface area contributed by atoms with Crippen LogP contribution in [0.3, 0.4) is 0 Å². The molecule has 1 aromatic carbocycles. The van der Waals surface area contributed by atoms with Crippen molar-refractivity contribution in [3.8, 4) is 0 Å². The number of benzene rings is 1. The molecule has 162 valence electrons. The van der Waals surface area contributed by atoms with E-state index >= 15 is 0 Å². The highest BCUT2D eigenvalue weighted by molar-refractivity contribution is 5.94. The fraction of sp³-hybridized carbons (Fsp3) is 0.609. The molecular formula is C23H33N5O2. The van der Waals surface area contributed by atoms with E-state index in [1.807, 2.05) is 12.1 Å². The number of aryl methyl sites for hydroxylation is 1. The zero-order valence-electron chi connectivity index (χ0n) is 17.9. The van der Waals surface area contributed by atoms with Gasteiger partial charge in [0.1, 0.15) is 5.82 Å². The van der Waals surface area contributed by atoms with E-state index in [-0.39, 0.29) is 17.7 Å². The van der Waals surface area contributed by atoms with E-state index in [1.165, 1.54) is 32.1 Å². The van der Waals surface area contributed by atoms with Gasteiger partial charge in [-0.25, -0.2) is 4.98 Å². The summed E-state index contributed by atoms with van der Waals surface area (Å²) in [5, 5.41) is 3.09. The van der Waals surface area contributed by atoms with Crippen molar-refractivity contribution in [1.29, 1.82) is 0 Å². The highest BCUT2D eigenvalue weighted by Gasteiger charge is 2.26. The molecule has 7 heteroatoms. The number of hydrogen-bond donors (Lipinski definition) is 2. The first-order chi connectivity index (χ1) is 14.5. The van der Waals surface area contributed by atoms with Gasteiger partial charge in [-0.1, -0.05) is 19.3 Å². The Kier molecular flexibility index (Phi) is 6.37. The standard InChI is InChI=1S/C23H33N5O2/c1-16-25-20-14-18(9-10-21(20)28(16)19-7-3-2-4-8-19)26-23(30)17-6-5-12-27(15-17)13-11-22(24)29/h9-10,14,17,19H,2-8,11-13,15H2,1H3,(H2,24,29)(H,26,30). The number of nitrogens with two attached hydrogens (primary N) is 1. The number of rotatable bonds is 6. The summed E-state index contributed by atoms with van der Waals surface area (Å²) in [5.74, 6) is 0.737. The Balaban J connectivity index is 1.43. The minimum absolute atomic E-state index is 0.0431. The van der Waals surface area contributed by atoms with Crippen molar-refractivity contribution in [1.82, 2.24) is 14.5 Å². The van der Waals surface area contributed by atoms with E-state index < -0.39 is 0 Å². The van der Waals surface area contributed by atoms with Crippen LogP contribution in [-0.2, 0) is 9.59 Å². The molecule has 1 saturated carbocycles. The van der Waals surface area contributed by atoms with Crippen molar-refractivity contribution >= 4 is 28.5 Å². The molecule has 1 unspecified atom stereocenters. The van der Waals surface area contributed by atoms with Gasteiger partial charge in [0, 0.05) is 31.2 Å². The number of amides is 2. The molecule has 2 aromatic rings. The smallest absolute Gasteiger partial charge is 0.228 e. The molecule has 2 aliphatic rings. The van der Waals surface area contributed by atoms with Crippen LogP contribution in [0.15, 0.2) is 18.2 Å². The molecule has 1 atom stereocenters. The highest BCUT2D eigenvalue weighted by Crippen LogP contribution is 2.33. The highest BCUT2D eigenvalue weighted by atomic mass is 16.2. The minimum Gasteiger partial charge on any atom is -0.370 e. The summed E-state index contributed by atoms with van der Waals surface area (Å²) >= 11 is 0. The lowest BCUT2D eigenvalue weighted by molar-refractivity contribution is -0.121. The summed E-state index contributed by atoms with van der Waals surface area (Å²) in [6, 6.07) is 6.62. The van der Waals surface area contributed by atoms with Crippen molar-refractivity contribution in [3.63, 3.8) is 0 Å². The van der Waals surface area contributed by atoms with Gasteiger partial charge in [-0.2, -0.15) is 0 Å². The van der Waals surface area contributed by atoms with Crippen molar-refractivity contribution in [2.75, 3.05) is 25.0 Å². The van der Waals surface area contributed by atoms with Gasteiger partial charge in [-0.3, -0.25) is 9.59 Å². The van der Waals surface area contributed by atoms with Crippen molar-refractivity contribution in [2.45, 2.75) is 64.3 Å². The Labute approximate surface area is 178 Å². The number of likely N-dealkylation sites (tertiary alicyclic amines) is 1. The molecule has 1 saturated heterocycles. The summed E-state index contributed by atoms with van der Waals surface area (Å²) in [5.41, 5.74) is 8.17. The van der Waals surface area contributed by atoms with Crippen LogP contribution in [0.1, 0.15) is 63.2 Å². The van der Waals surface area contributed by atoms with Gasteiger partial charge >= 0.3 is 0 Å². The average molecular weight is 412 g/mol. The van der Waals surface area contributed by atoms with Crippen LogP contribution in [0.5, 0.6) is 0 Å². The van der Waals surface area contributed by atoms with Gasteiger partial charge in [0.2, 0.25) is 11.8 Å². The van der Waals surface area contributed by atoms with Gasteiger partial charge in [0.25, 0.3) is 0 Å². The van der Waals surface area contributed by atoms with Crippen LogP contribution in [0.25, 0.3) is 11.0 Å². The number of nitrogens with zero attached hydrogens (tertiary/aromatic N) is 3. The lowest BCUT2D eigenvalue weighted by Gasteiger charge is -2.31. The van der Waals surface area contributed by atoms with Gasteiger partial charge in [0.05, 0.1) is 17.0 Å². The minimum atomic E-state index is -0.294. The first-order valence-corrected chi connectivity index (χ1v) is 11.3. The Morgan fingerprint density at radius 1 is 1.17 bits per heavy atom. The summed E-state index contributed by atoms with van der Waals surface area (Å²) in [6.07, 6.45) is 8.52. The van der Waals surface area contributed by atoms with E-state index in [2.05, 4.69) is 27.8 Å². The summed E-state index contributed by atoms with van der Waals surface area (Å²) in [6.45, 7) is 4.30. The zero-order valence-corrected chi connectivity index (χ0v) is 17.9. The van der Waals surface area contributed by atoms with Crippen LogP contribution in [-0.4, -0.2) is 45.9 Å². The molecule has 0 spiro atoms. The van der Waals surface area contributed by atoms with Crippen LogP contribution in [0, 0.1) is 12.8 Å². The Morgan fingerprint density at radius 3 is 2.73 bits per heavy atom. The Morgan fingerprint density at radius 2 is 1.97 bits per heavy atom. The first kappa shape index (κ1) is 20.8. The van der Waals surface area contributed by atoms with E-state index in [9.17, 15) is 9.59 Å². The van der Waals surface area contributed by atoms with E-state index in [1.54, 1.807) is 0 Å². The van der Waals surface area contributed by atoms with Gasteiger partial charge in [0.15, 0.2) is 0 Å². The predicted molar refractivity (Wildman–Crippen MR) is 118 cm³/mol. The quantitative estimate of drug-likeness (QED) is 0.762. The molecule has 4 rings (SSSR count). The average Bonchev–Trinajstić information content (AvgIpc) is 3.08. The molecule has 0 radical (unpaired) electrons. The fourth-order valence-electron chi connectivity index (χ4n) is 5.08. The number of imidazole rings is 1. The van der Waals surface area contributed by atoms with Gasteiger partial charge in [-0.05, 0) is 57.4 Å². The number of aromatic nitrogens is 2. The lowest BCUT2D eigenvalue weighted by Crippen LogP contribution is -2.41. The van der Waals surface area contributed by atoms with E-state index in [0.29, 0.717) is 25.6 Å². The maximum Gasteiger partial charge on any atom is 0.228 e. The normalized spacial score (nSPS) is 21.0. The molecule has 2 heterocycles. The summed E-state index contributed by atoms with van der Waals surface area (Å²) in [4.78, 5) is 30.8. The maximum absolute atomic E-state index is 12.9. The second kappa shape index (κ2) is 9.16. The van der Waals surface area contributed by atoms with Crippen LogP contribution in [0.4, 0.5) is 5.69 Å². The third-order valence-corrected chi connectivity index (χ3v) is 6.62. The molecule has 0 bridgehead atoms. The molecule has 7 nitrogen and oxygen atoms in total. The molecule has 1 aliphatic carbocycles. The molecule has 1 aliphatic heterocycles. The number of carbonyl (C=O) groups excluding carboxylic acids is 2. The second-order valence-corrected chi connectivity index (χ2v) is 8.87. The molecule has 30 heavy (non-hydrogen) atoms. The molecule has 2 fully saturated rings. The second-order valence-electron chi connectivity index (χ2n) is 8.87. The monoisotopic (exact) mass is 411 g/mol. The molecule has 3 N–H and O–H groups in total. The lowest BCUT2D eigenvalue weighted by atomic mass is 9.95. The van der Waals surface area contributed by atoms with Crippen LogP contribution >= 0.6 is 0 Å². The van der Waals surface area contributed by atoms with Gasteiger partial charge < -0.3 is 20.5 Å². The summed E-state index contributed by atoms with van der Waals surface area (Å²) < 4.78 is 2.39. The SMILES string of the molecule is Cc1nc2cc(NC(=O)C3CCCN(CCC(N)=O)C3)ccc2n1C1CCCCC1. The van der Waals surface area contributed by atoms with Crippen LogP contribution < -0.4 is 11.1 Å². The maximum atomic E-state index is 12.9. The van der Waals surface area contributed by atoms with E-state index in [4.69, 9.17) is 10.7 Å². The van der Waals surface area contributed by atoms with Crippen LogP contribution in [0.2, 0.25) is 0 Å². The van der Waals surface area contributed by atoms with Crippen molar-refractivity contribution in [3.05, 3.63) is 24.0 Å². The van der Waals surface area contributed by atoms with E-state index in [0.717, 1.165) is 41.9 Å². The van der Waals surface area contributed by atoms with Gasteiger partial charge in [-0.15, -0.1) is 0 Å². The molecule has 1 aromatic heterocycles. The van der Waals surface area contributed by atoms with Crippen molar-refractivity contribution < 1.29 is 9.59 Å². The zero-order chi connectivity index (χ0) is 21.1. The number of hydrogen-bond acceptors (Lipinski definition) is 4.